The first-order chi connectivity index (χ1) is 14.0. The van der Waals surface area contributed by atoms with Gasteiger partial charge < -0.3 is 20.3 Å². The highest BCUT2D eigenvalue weighted by Crippen LogP contribution is 2.35. The van der Waals surface area contributed by atoms with Crippen molar-refractivity contribution in [2.24, 2.45) is 10.7 Å². The van der Waals surface area contributed by atoms with Crippen molar-refractivity contribution >= 4 is 28.7 Å². The Morgan fingerprint density at radius 3 is 2.69 bits per heavy atom. The molecule has 0 aromatic heterocycles. The molecule has 3 aliphatic rings. The minimum absolute atomic E-state index is 0.00167. The number of ether oxygens (including phenoxy) is 1. The molecule has 8 heteroatoms. The summed E-state index contributed by atoms with van der Waals surface area (Å²) in [6.45, 7) is 4.93. The van der Waals surface area contributed by atoms with Crippen molar-refractivity contribution < 1.29 is 14.3 Å². The lowest BCUT2D eigenvalue weighted by molar-refractivity contribution is -0.142. The number of piperazine rings is 1. The SMILES string of the molecule is C[C@]1(c2cccc(C(=O)N3CCN(C(=O)C4CCCO4)CC3)c2)CCSC(N)=N1. The maximum Gasteiger partial charge on any atom is 0.253 e. The van der Waals surface area contributed by atoms with Gasteiger partial charge in [0.25, 0.3) is 11.8 Å². The molecule has 2 N–H and O–H groups in total. The van der Waals surface area contributed by atoms with Crippen LogP contribution in [0.2, 0.25) is 0 Å². The number of rotatable bonds is 3. The van der Waals surface area contributed by atoms with Crippen LogP contribution >= 0.6 is 11.8 Å². The van der Waals surface area contributed by atoms with Gasteiger partial charge in [-0.3, -0.25) is 14.6 Å². The fourth-order valence-corrected chi connectivity index (χ4v) is 5.15. The molecular weight excluding hydrogens is 388 g/mol. The Balaban J connectivity index is 1.42. The molecule has 0 bridgehead atoms. The predicted octanol–water partition coefficient (Wildman–Crippen LogP) is 1.82. The third-order valence-electron chi connectivity index (χ3n) is 6.01. The fourth-order valence-electron chi connectivity index (χ4n) is 4.17. The lowest BCUT2D eigenvalue weighted by Gasteiger charge is -2.36. The first kappa shape index (κ1) is 20.2. The van der Waals surface area contributed by atoms with Crippen LogP contribution in [0, 0.1) is 0 Å². The summed E-state index contributed by atoms with van der Waals surface area (Å²) in [6, 6.07) is 7.73. The van der Waals surface area contributed by atoms with E-state index in [1.54, 1.807) is 11.8 Å². The topological polar surface area (TPSA) is 88.2 Å². The van der Waals surface area contributed by atoms with Crippen LogP contribution in [0.25, 0.3) is 0 Å². The second-order valence-corrected chi connectivity index (χ2v) is 9.14. The normalized spacial score (nSPS) is 27.6. The molecule has 2 amide bonds. The van der Waals surface area contributed by atoms with Crippen LogP contribution < -0.4 is 5.73 Å². The van der Waals surface area contributed by atoms with Crippen LogP contribution in [0.1, 0.15) is 42.1 Å². The Morgan fingerprint density at radius 1 is 1.24 bits per heavy atom. The van der Waals surface area contributed by atoms with Crippen molar-refractivity contribution in [2.75, 3.05) is 38.5 Å². The average Bonchev–Trinajstić information content (AvgIpc) is 3.28. The molecule has 29 heavy (non-hydrogen) atoms. The van der Waals surface area contributed by atoms with E-state index < -0.39 is 5.54 Å². The summed E-state index contributed by atoms with van der Waals surface area (Å²) in [7, 11) is 0. The van der Waals surface area contributed by atoms with Gasteiger partial charge >= 0.3 is 0 Å². The van der Waals surface area contributed by atoms with Gasteiger partial charge in [-0.1, -0.05) is 23.9 Å². The molecule has 3 aliphatic heterocycles. The van der Waals surface area contributed by atoms with E-state index in [0.717, 1.165) is 30.6 Å². The number of carbonyl (C=O) groups is 2. The summed E-state index contributed by atoms with van der Waals surface area (Å²) in [5.41, 5.74) is 7.23. The van der Waals surface area contributed by atoms with E-state index in [2.05, 4.69) is 11.9 Å². The molecule has 7 nitrogen and oxygen atoms in total. The van der Waals surface area contributed by atoms with Crippen molar-refractivity contribution in [2.45, 2.75) is 37.8 Å². The molecular formula is C21H28N4O3S. The lowest BCUT2D eigenvalue weighted by Crippen LogP contribution is -2.52. The number of nitrogens with zero attached hydrogens (tertiary/aromatic N) is 3. The molecule has 0 aliphatic carbocycles. The predicted molar refractivity (Wildman–Crippen MR) is 114 cm³/mol. The minimum Gasteiger partial charge on any atom is -0.379 e. The minimum atomic E-state index is -0.391. The number of amides is 2. The average molecular weight is 417 g/mol. The quantitative estimate of drug-likeness (QED) is 0.812. The van der Waals surface area contributed by atoms with Gasteiger partial charge in [-0.15, -0.1) is 0 Å². The molecule has 2 fully saturated rings. The van der Waals surface area contributed by atoms with Gasteiger partial charge in [0.2, 0.25) is 0 Å². The lowest BCUT2D eigenvalue weighted by atomic mass is 9.88. The summed E-state index contributed by atoms with van der Waals surface area (Å²) in [6.07, 6.45) is 2.34. The molecule has 1 aromatic rings. The summed E-state index contributed by atoms with van der Waals surface area (Å²) in [5.74, 6) is 0.988. The molecule has 2 saturated heterocycles. The van der Waals surface area contributed by atoms with Crippen molar-refractivity contribution in [3.63, 3.8) is 0 Å². The third-order valence-corrected chi connectivity index (χ3v) is 6.81. The Morgan fingerprint density at radius 2 is 2.00 bits per heavy atom. The van der Waals surface area contributed by atoms with Crippen molar-refractivity contribution in [1.29, 1.82) is 0 Å². The van der Waals surface area contributed by atoms with Gasteiger partial charge in [0.1, 0.15) is 6.10 Å². The number of amidine groups is 1. The van der Waals surface area contributed by atoms with E-state index in [1.165, 1.54) is 0 Å². The van der Waals surface area contributed by atoms with Crippen molar-refractivity contribution in [3.8, 4) is 0 Å². The molecule has 156 valence electrons. The van der Waals surface area contributed by atoms with E-state index in [0.29, 0.717) is 43.5 Å². The highest BCUT2D eigenvalue weighted by atomic mass is 32.2. The first-order valence-corrected chi connectivity index (χ1v) is 11.2. The number of aliphatic imine (C=N–C) groups is 1. The zero-order valence-electron chi connectivity index (χ0n) is 16.8. The van der Waals surface area contributed by atoms with E-state index in [4.69, 9.17) is 10.5 Å². The number of hydrogen-bond donors (Lipinski definition) is 1. The fraction of sp³-hybridized carbons (Fsp3) is 0.571. The van der Waals surface area contributed by atoms with Crippen LogP contribution in [-0.2, 0) is 15.1 Å². The number of hydrogen-bond acceptors (Lipinski definition) is 6. The van der Waals surface area contributed by atoms with Crippen molar-refractivity contribution in [3.05, 3.63) is 35.4 Å². The number of benzene rings is 1. The maximum atomic E-state index is 13.1. The summed E-state index contributed by atoms with van der Waals surface area (Å²) >= 11 is 1.57. The Bertz CT molecular complexity index is 816. The van der Waals surface area contributed by atoms with Crippen LogP contribution in [-0.4, -0.2) is 71.4 Å². The van der Waals surface area contributed by atoms with E-state index in [9.17, 15) is 9.59 Å². The summed E-state index contributed by atoms with van der Waals surface area (Å²) < 4.78 is 5.51. The first-order valence-electron chi connectivity index (χ1n) is 10.2. The van der Waals surface area contributed by atoms with Crippen molar-refractivity contribution in [1.82, 2.24) is 9.80 Å². The number of thioether (sulfide) groups is 1. The molecule has 1 aromatic carbocycles. The van der Waals surface area contributed by atoms with E-state index in [1.807, 2.05) is 34.1 Å². The van der Waals surface area contributed by atoms with Gasteiger partial charge in [-0.05, 0) is 43.9 Å². The second-order valence-electron chi connectivity index (χ2n) is 8.02. The van der Waals surface area contributed by atoms with Gasteiger partial charge in [-0.25, -0.2) is 0 Å². The second kappa shape index (κ2) is 8.36. The van der Waals surface area contributed by atoms with Gasteiger partial charge in [0.15, 0.2) is 5.17 Å². The Hall–Kier alpha value is -2.06. The maximum absolute atomic E-state index is 13.1. The molecule has 2 atom stereocenters. The molecule has 3 heterocycles. The molecule has 4 rings (SSSR count). The van der Waals surface area contributed by atoms with E-state index >= 15 is 0 Å². The Kier molecular flexibility index (Phi) is 5.83. The standard InChI is InChI=1S/C21H28N4O3S/c1-21(7-13-29-20(22)23-21)16-5-2-4-15(14-16)18(26)24-8-10-25(11-9-24)19(27)17-6-3-12-28-17/h2,4-5,14,17H,3,6-13H2,1H3,(H2,22,23)/t17?,21-/m1/s1. The Labute approximate surface area is 175 Å². The molecule has 0 saturated carbocycles. The van der Waals surface area contributed by atoms with Crippen LogP contribution in [0.15, 0.2) is 29.3 Å². The number of carbonyl (C=O) groups excluding carboxylic acids is 2. The largest absolute Gasteiger partial charge is 0.379 e. The smallest absolute Gasteiger partial charge is 0.253 e. The number of nitrogens with two attached hydrogens (primary N) is 1. The molecule has 1 unspecified atom stereocenters. The van der Waals surface area contributed by atoms with E-state index in [-0.39, 0.29) is 17.9 Å². The van der Waals surface area contributed by atoms with Gasteiger partial charge in [-0.2, -0.15) is 0 Å². The van der Waals surface area contributed by atoms with Gasteiger partial charge in [0.05, 0.1) is 5.54 Å². The molecule has 0 spiro atoms. The zero-order valence-corrected chi connectivity index (χ0v) is 17.6. The summed E-state index contributed by atoms with van der Waals surface area (Å²) in [5, 5.41) is 0.600. The monoisotopic (exact) mass is 416 g/mol. The summed E-state index contributed by atoms with van der Waals surface area (Å²) in [4.78, 5) is 33.9. The van der Waals surface area contributed by atoms with Crippen LogP contribution in [0.4, 0.5) is 0 Å². The van der Waals surface area contributed by atoms with Gasteiger partial charge in [0, 0.05) is 44.1 Å². The zero-order chi connectivity index (χ0) is 20.4. The molecule has 0 radical (unpaired) electrons. The highest BCUT2D eigenvalue weighted by molar-refractivity contribution is 8.13. The highest BCUT2D eigenvalue weighted by Gasteiger charge is 2.33. The third kappa shape index (κ3) is 4.28. The van der Waals surface area contributed by atoms with Crippen LogP contribution in [0.5, 0.6) is 0 Å². The van der Waals surface area contributed by atoms with Crippen LogP contribution in [0.3, 0.4) is 0 Å².